The lowest BCUT2D eigenvalue weighted by Gasteiger charge is -2.38. The van der Waals surface area contributed by atoms with E-state index in [1.54, 1.807) is 36.3 Å². The van der Waals surface area contributed by atoms with Gasteiger partial charge in [-0.3, -0.25) is 9.69 Å². The van der Waals surface area contributed by atoms with Crippen molar-refractivity contribution in [2.24, 2.45) is 7.05 Å². The zero-order chi connectivity index (χ0) is 22.3. The van der Waals surface area contributed by atoms with Crippen molar-refractivity contribution in [3.05, 3.63) is 45.8 Å². The number of hydrogen-bond acceptors (Lipinski definition) is 7. The molecule has 8 nitrogen and oxygen atoms in total. The fourth-order valence-electron chi connectivity index (χ4n) is 3.97. The number of piperazine rings is 1. The molecule has 1 saturated heterocycles. The molecule has 31 heavy (non-hydrogen) atoms. The minimum absolute atomic E-state index is 0.0304. The zero-order valence-electron chi connectivity index (χ0n) is 18.0. The van der Waals surface area contributed by atoms with Crippen molar-refractivity contribution >= 4 is 31.4 Å². The van der Waals surface area contributed by atoms with E-state index in [0.717, 1.165) is 20.7 Å². The molecular formula is C21H26N4O4S2. The molecule has 0 unspecified atom stereocenters. The number of fused-ring (bicyclic) bond motifs is 1. The molecule has 0 amide bonds. The molecule has 0 aromatic carbocycles. The molecule has 0 bridgehead atoms. The lowest BCUT2D eigenvalue weighted by atomic mass is 10.1. The van der Waals surface area contributed by atoms with Crippen LogP contribution in [0.15, 0.2) is 35.4 Å². The molecule has 1 atom stereocenters. The number of hydrogen-bond donors (Lipinski definition) is 0. The first kappa shape index (κ1) is 21.9. The van der Waals surface area contributed by atoms with Gasteiger partial charge < -0.3 is 9.30 Å². The molecule has 0 saturated carbocycles. The van der Waals surface area contributed by atoms with Gasteiger partial charge in [-0.1, -0.05) is 0 Å². The third kappa shape index (κ3) is 4.38. The van der Waals surface area contributed by atoms with Gasteiger partial charge in [0.1, 0.15) is 0 Å². The Morgan fingerprint density at radius 1 is 1.29 bits per heavy atom. The standard InChI is InChI=1S/C21H26N4O4S2/c1-14-11-25(31(4,27)28)8-7-24(14)12-16-10-17-20(30-16)18(13-23(2)21(17)26)15-5-6-22-19(9-15)29-3/h5-6,9-10,13-14H,7-8,11-12H2,1-4H3/t14-/m1/s1. The molecule has 0 aliphatic carbocycles. The summed E-state index contributed by atoms with van der Waals surface area (Å²) in [6.45, 7) is 4.35. The van der Waals surface area contributed by atoms with Gasteiger partial charge in [-0.05, 0) is 24.6 Å². The van der Waals surface area contributed by atoms with Gasteiger partial charge in [-0.2, -0.15) is 4.31 Å². The normalized spacial score (nSPS) is 18.5. The molecule has 3 aromatic rings. The van der Waals surface area contributed by atoms with Crippen LogP contribution in [0.25, 0.3) is 21.2 Å². The Morgan fingerprint density at radius 3 is 2.74 bits per heavy atom. The number of thiophene rings is 1. The third-order valence-corrected chi connectivity index (χ3v) is 8.13. The minimum atomic E-state index is -3.18. The van der Waals surface area contributed by atoms with E-state index in [1.165, 1.54) is 10.6 Å². The van der Waals surface area contributed by atoms with Crippen LogP contribution in [0.3, 0.4) is 0 Å². The molecule has 3 aromatic heterocycles. The first-order valence-corrected chi connectivity index (χ1v) is 12.7. The number of sulfonamides is 1. The summed E-state index contributed by atoms with van der Waals surface area (Å²) in [5, 5.41) is 0.693. The number of methoxy groups -OCH3 is 1. The highest BCUT2D eigenvalue weighted by molar-refractivity contribution is 7.88. The van der Waals surface area contributed by atoms with E-state index in [2.05, 4.69) is 9.88 Å². The van der Waals surface area contributed by atoms with Gasteiger partial charge in [-0.15, -0.1) is 11.3 Å². The molecule has 10 heteroatoms. The number of rotatable bonds is 5. The van der Waals surface area contributed by atoms with E-state index in [4.69, 9.17) is 4.74 Å². The number of aryl methyl sites for hydroxylation is 1. The van der Waals surface area contributed by atoms with Crippen molar-refractivity contribution in [2.45, 2.75) is 19.5 Å². The second-order valence-electron chi connectivity index (χ2n) is 7.94. The summed E-state index contributed by atoms with van der Waals surface area (Å²) in [6, 6.07) is 5.85. The van der Waals surface area contributed by atoms with Gasteiger partial charge >= 0.3 is 0 Å². The Kier molecular flexibility index (Phi) is 5.91. The van der Waals surface area contributed by atoms with Crippen LogP contribution < -0.4 is 10.3 Å². The first-order chi connectivity index (χ1) is 14.7. The monoisotopic (exact) mass is 462 g/mol. The predicted octanol–water partition coefficient (Wildman–Crippen LogP) is 2.14. The molecule has 1 aliphatic rings. The Morgan fingerprint density at radius 2 is 2.06 bits per heavy atom. The van der Waals surface area contributed by atoms with Crippen LogP contribution in [0, 0.1) is 0 Å². The van der Waals surface area contributed by atoms with Crippen LogP contribution in [0.1, 0.15) is 11.8 Å². The van der Waals surface area contributed by atoms with Gasteiger partial charge in [0, 0.05) is 72.9 Å². The molecule has 1 fully saturated rings. The van der Waals surface area contributed by atoms with E-state index in [9.17, 15) is 13.2 Å². The smallest absolute Gasteiger partial charge is 0.259 e. The van der Waals surface area contributed by atoms with Gasteiger partial charge in [0.05, 0.1) is 18.8 Å². The zero-order valence-corrected chi connectivity index (χ0v) is 19.7. The topological polar surface area (TPSA) is 84.7 Å². The van der Waals surface area contributed by atoms with Crippen molar-refractivity contribution in [2.75, 3.05) is 33.0 Å². The van der Waals surface area contributed by atoms with E-state index in [0.29, 0.717) is 37.4 Å². The molecule has 0 radical (unpaired) electrons. The fraction of sp³-hybridized carbons (Fsp3) is 0.429. The van der Waals surface area contributed by atoms with Crippen LogP contribution in [-0.4, -0.2) is 66.2 Å². The summed E-state index contributed by atoms with van der Waals surface area (Å²) in [5.41, 5.74) is 1.87. The first-order valence-electron chi connectivity index (χ1n) is 9.99. The highest BCUT2D eigenvalue weighted by Crippen LogP contribution is 2.34. The van der Waals surface area contributed by atoms with Crippen LogP contribution in [0.2, 0.25) is 0 Å². The van der Waals surface area contributed by atoms with Crippen molar-refractivity contribution in [1.82, 2.24) is 18.8 Å². The number of aromatic nitrogens is 2. The third-order valence-electron chi connectivity index (χ3n) is 5.71. The van der Waals surface area contributed by atoms with E-state index < -0.39 is 10.0 Å². The van der Waals surface area contributed by atoms with E-state index in [-0.39, 0.29) is 11.6 Å². The SMILES string of the molecule is COc1cc(-c2cn(C)c(=O)c3cc(CN4CCN(S(C)(=O)=O)C[C@H]4C)sc23)ccn1. The molecule has 0 spiro atoms. The van der Waals surface area contributed by atoms with Gasteiger partial charge in [-0.25, -0.2) is 13.4 Å². The van der Waals surface area contributed by atoms with Crippen molar-refractivity contribution in [3.63, 3.8) is 0 Å². The Balaban J connectivity index is 1.68. The van der Waals surface area contributed by atoms with Gasteiger partial charge in [0.2, 0.25) is 15.9 Å². The fourth-order valence-corrected chi connectivity index (χ4v) is 6.08. The maximum Gasteiger partial charge on any atom is 0.259 e. The second kappa shape index (κ2) is 8.34. The summed E-state index contributed by atoms with van der Waals surface area (Å²) >= 11 is 1.61. The van der Waals surface area contributed by atoms with Crippen molar-refractivity contribution in [3.8, 4) is 17.0 Å². The maximum atomic E-state index is 12.8. The van der Waals surface area contributed by atoms with Crippen LogP contribution in [0.4, 0.5) is 0 Å². The Labute approximate surface area is 185 Å². The number of nitrogens with zero attached hydrogens (tertiary/aromatic N) is 4. The lowest BCUT2D eigenvalue weighted by Crippen LogP contribution is -2.52. The molecule has 0 N–H and O–H groups in total. The predicted molar refractivity (Wildman–Crippen MR) is 123 cm³/mol. The second-order valence-corrected chi connectivity index (χ2v) is 11.1. The maximum absolute atomic E-state index is 12.8. The molecule has 4 rings (SSSR count). The Hall–Kier alpha value is -2.27. The van der Waals surface area contributed by atoms with Crippen LogP contribution in [-0.2, 0) is 23.6 Å². The molecule has 1 aliphatic heterocycles. The molecule has 166 valence electrons. The summed E-state index contributed by atoms with van der Waals surface area (Å²) < 4.78 is 33.1. The van der Waals surface area contributed by atoms with Crippen LogP contribution >= 0.6 is 11.3 Å². The molecule has 4 heterocycles. The van der Waals surface area contributed by atoms with Crippen LogP contribution in [0.5, 0.6) is 5.88 Å². The minimum Gasteiger partial charge on any atom is -0.481 e. The summed E-state index contributed by atoms with van der Waals surface area (Å²) in [7, 11) is 0.159. The van der Waals surface area contributed by atoms with E-state index in [1.807, 2.05) is 31.3 Å². The van der Waals surface area contributed by atoms with Gasteiger partial charge in [0.25, 0.3) is 5.56 Å². The van der Waals surface area contributed by atoms with Crippen molar-refractivity contribution < 1.29 is 13.2 Å². The Bertz CT molecular complexity index is 1280. The van der Waals surface area contributed by atoms with E-state index >= 15 is 0 Å². The average Bonchev–Trinajstić information content (AvgIpc) is 3.15. The highest BCUT2D eigenvalue weighted by Gasteiger charge is 2.29. The lowest BCUT2D eigenvalue weighted by molar-refractivity contribution is 0.123. The number of pyridine rings is 2. The summed E-state index contributed by atoms with van der Waals surface area (Å²) in [6.07, 6.45) is 4.81. The van der Waals surface area contributed by atoms with Gasteiger partial charge in [0.15, 0.2) is 0 Å². The quantitative estimate of drug-likeness (QED) is 0.578. The summed E-state index contributed by atoms with van der Waals surface area (Å²) in [5.74, 6) is 0.522. The summed E-state index contributed by atoms with van der Waals surface area (Å²) in [4.78, 5) is 20.3. The number of ether oxygens (including phenoxy) is 1. The van der Waals surface area contributed by atoms with Crippen molar-refractivity contribution in [1.29, 1.82) is 0 Å². The average molecular weight is 463 g/mol. The largest absolute Gasteiger partial charge is 0.481 e. The highest BCUT2D eigenvalue weighted by atomic mass is 32.2. The molecular weight excluding hydrogens is 436 g/mol.